The van der Waals surface area contributed by atoms with Gasteiger partial charge >= 0.3 is 0 Å². The molecule has 1 atom stereocenters. The van der Waals surface area contributed by atoms with Crippen molar-refractivity contribution in [3.05, 3.63) is 47.2 Å². The molecule has 5 nitrogen and oxygen atoms in total. The van der Waals surface area contributed by atoms with Crippen molar-refractivity contribution in [2.75, 3.05) is 14.2 Å². The molecule has 0 bridgehead atoms. The summed E-state index contributed by atoms with van der Waals surface area (Å²) >= 11 is 1.61. The fraction of sp³-hybridized carbons (Fsp3) is 0.267. The van der Waals surface area contributed by atoms with Crippen LogP contribution in [-0.2, 0) is 6.42 Å². The van der Waals surface area contributed by atoms with Crippen molar-refractivity contribution in [1.29, 1.82) is 0 Å². The van der Waals surface area contributed by atoms with E-state index < -0.39 is 0 Å². The molecule has 0 aliphatic carbocycles. The summed E-state index contributed by atoms with van der Waals surface area (Å²) in [4.78, 5) is 5.55. The number of nitrogens with zero attached hydrogens (tertiary/aromatic N) is 2. The Morgan fingerprint density at radius 2 is 2.19 bits per heavy atom. The average molecular weight is 303 g/mol. The Bertz CT molecular complexity index is 722. The van der Waals surface area contributed by atoms with Crippen LogP contribution in [0.2, 0.25) is 0 Å². The van der Waals surface area contributed by atoms with Crippen molar-refractivity contribution in [3.8, 4) is 11.5 Å². The molecule has 0 saturated carbocycles. The predicted molar refractivity (Wildman–Crippen MR) is 83.2 cm³/mol. The van der Waals surface area contributed by atoms with E-state index in [2.05, 4.69) is 4.98 Å². The first-order valence-corrected chi connectivity index (χ1v) is 7.48. The molecule has 3 aromatic rings. The van der Waals surface area contributed by atoms with Gasteiger partial charge in [-0.3, -0.25) is 4.40 Å². The first-order valence-electron chi connectivity index (χ1n) is 6.60. The summed E-state index contributed by atoms with van der Waals surface area (Å²) in [5, 5.41) is 2.01. The number of benzene rings is 1. The number of hydrogen-bond acceptors (Lipinski definition) is 5. The topological polar surface area (TPSA) is 61.8 Å². The molecule has 3 rings (SSSR count). The molecule has 21 heavy (non-hydrogen) atoms. The van der Waals surface area contributed by atoms with E-state index in [4.69, 9.17) is 15.2 Å². The SMILES string of the molecule is COc1ccc(OC)c(C(N)Cc2cn3ccsc3n2)c1. The number of aromatic nitrogens is 2. The van der Waals surface area contributed by atoms with Crippen LogP contribution in [0.15, 0.2) is 36.0 Å². The Balaban J connectivity index is 1.86. The summed E-state index contributed by atoms with van der Waals surface area (Å²) in [7, 11) is 3.28. The van der Waals surface area contributed by atoms with E-state index in [1.54, 1.807) is 25.6 Å². The molecule has 1 aromatic carbocycles. The maximum absolute atomic E-state index is 6.34. The van der Waals surface area contributed by atoms with Crippen LogP contribution in [0, 0.1) is 0 Å². The molecule has 0 fully saturated rings. The lowest BCUT2D eigenvalue weighted by atomic mass is 10.0. The molecule has 0 spiro atoms. The summed E-state index contributed by atoms with van der Waals surface area (Å²) in [6.45, 7) is 0. The second-order valence-corrected chi connectivity index (χ2v) is 5.62. The van der Waals surface area contributed by atoms with Crippen molar-refractivity contribution >= 4 is 16.3 Å². The van der Waals surface area contributed by atoms with E-state index in [1.165, 1.54) is 0 Å². The van der Waals surface area contributed by atoms with E-state index >= 15 is 0 Å². The maximum Gasteiger partial charge on any atom is 0.193 e. The largest absolute Gasteiger partial charge is 0.497 e. The molecule has 6 heteroatoms. The number of ether oxygens (including phenoxy) is 2. The standard InChI is InChI=1S/C15H17N3O2S/c1-19-11-3-4-14(20-2)12(8-11)13(16)7-10-9-18-5-6-21-15(18)17-10/h3-6,8-9,13H,7,16H2,1-2H3. The third-order valence-corrected chi connectivity index (χ3v) is 4.18. The van der Waals surface area contributed by atoms with Gasteiger partial charge in [-0.15, -0.1) is 11.3 Å². The number of imidazole rings is 1. The third kappa shape index (κ3) is 2.72. The second-order valence-electron chi connectivity index (χ2n) is 4.74. The monoisotopic (exact) mass is 303 g/mol. The van der Waals surface area contributed by atoms with Crippen LogP contribution in [0.5, 0.6) is 11.5 Å². The Kier molecular flexibility index (Phi) is 3.81. The van der Waals surface area contributed by atoms with Crippen molar-refractivity contribution in [1.82, 2.24) is 9.38 Å². The van der Waals surface area contributed by atoms with Crippen LogP contribution in [-0.4, -0.2) is 23.6 Å². The van der Waals surface area contributed by atoms with Gasteiger partial charge in [0.05, 0.1) is 19.9 Å². The van der Waals surface area contributed by atoms with Crippen molar-refractivity contribution in [2.45, 2.75) is 12.5 Å². The molecule has 0 saturated heterocycles. The molecular weight excluding hydrogens is 286 g/mol. The lowest BCUT2D eigenvalue weighted by molar-refractivity contribution is 0.395. The van der Waals surface area contributed by atoms with Gasteiger partial charge in [-0.25, -0.2) is 4.98 Å². The smallest absolute Gasteiger partial charge is 0.193 e. The minimum absolute atomic E-state index is 0.195. The summed E-state index contributed by atoms with van der Waals surface area (Å²) in [6, 6.07) is 5.46. The van der Waals surface area contributed by atoms with Gasteiger partial charge in [0.15, 0.2) is 4.96 Å². The van der Waals surface area contributed by atoms with Gasteiger partial charge in [-0.05, 0) is 18.2 Å². The van der Waals surface area contributed by atoms with E-state index in [0.29, 0.717) is 6.42 Å². The average Bonchev–Trinajstić information content (AvgIpc) is 3.07. The van der Waals surface area contributed by atoms with Crippen molar-refractivity contribution < 1.29 is 9.47 Å². The molecule has 2 N–H and O–H groups in total. The number of thiazole rings is 1. The van der Waals surface area contributed by atoms with Gasteiger partial charge in [-0.2, -0.15) is 0 Å². The van der Waals surface area contributed by atoms with E-state index in [1.807, 2.05) is 40.4 Å². The van der Waals surface area contributed by atoms with Gasteiger partial charge in [0.1, 0.15) is 11.5 Å². The molecule has 0 aliphatic heterocycles. The molecule has 0 aliphatic rings. The number of rotatable bonds is 5. The van der Waals surface area contributed by atoms with E-state index in [-0.39, 0.29) is 6.04 Å². The first-order chi connectivity index (χ1) is 10.2. The van der Waals surface area contributed by atoms with E-state index in [0.717, 1.165) is 27.7 Å². The van der Waals surface area contributed by atoms with Crippen molar-refractivity contribution in [2.24, 2.45) is 5.73 Å². The number of hydrogen-bond donors (Lipinski definition) is 1. The molecule has 110 valence electrons. The minimum Gasteiger partial charge on any atom is -0.497 e. The van der Waals surface area contributed by atoms with E-state index in [9.17, 15) is 0 Å². The summed E-state index contributed by atoms with van der Waals surface area (Å²) in [6.07, 6.45) is 4.66. The van der Waals surface area contributed by atoms with Crippen LogP contribution in [0.4, 0.5) is 0 Å². The highest BCUT2D eigenvalue weighted by Crippen LogP contribution is 2.30. The quantitative estimate of drug-likeness (QED) is 0.787. The van der Waals surface area contributed by atoms with Crippen LogP contribution in [0.25, 0.3) is 4.96 Å². The summed E-state index contributed by atoms with van der Waals surface area (Å²) in [5.74, 6) is 1.54. The van der Waals surface area contributed by atoms with Crippen LogP contribution < -0.4 is 15.2 Å². The highest BCUT2D eigenvalue weighted by molar-refractivity contribution is 7.15. The zero-order valence-electron chi connectivity index (χ0n) is 11.9. The predicted octanol–water partition coefficient (Wildman–Crippen LogP) is 2.66. The third-order valence-electron chi connectivity index (χ3n) is 3.41. The number of fused-ring (bicyclic) bond motifs is 1. The molecule has 1 unspecified atom stereocenters. The van der Waals surface area contributed by atoms with Gasteiger partial charge in [-0.1, -0.05) is 0 Å². The van der Waals surface area contributed by atoms with Crippen LogP contribution in [0.3, 0.4) is 0 Å². The maximum atomic E-state index is 6.34. The normalized spacial score (nSPS) is 12.5. The summed E-state index contributed by atoms with van der Waals surface area (Å²) in [5.41, 5.74) is 8.23. The minimum atomic E-state index is -0.195. The van der Waals surface area contributed by atoms with Gasteiger partial charge in [0, 0.05) is 35.8 Å². The van der Waals surface area contributed by atoms with Crippen LogP contribution in [0.1, 0.15) is 17.3 Å². The lowest BCUT2D eigenvalue weighted by Gasteiger charge is -2.16. The molecule has 0 amide bonds. The molecular formula is C15H17N3O2S. The van der Waals surface area contributed by atoms with Gasteiger partial charge < -0.3 is 15.2 Å². The Labute approximate surface area is 126 Å². The lowest BCUT2D eigenvalue weighted by Crippen LogP contribution is -2.15. The fourth-order valence-corrected chi connectivity index (χ4v) is 3.06. The Morgan fingerprint density at radius 1 is 1.33 bits per heavy atom. The Morgan fingerprint density at radius 3 is 2.90 bits per heavy atom. The Hall–Kier alpha value is -2.05. The van der Waals surface area contributed by atoms with Gasteiger partial charge in [0.2, 0.25) is 0 Å². The zero-order chi connectivity index (χ0) is 14.8. The van der Waals surface area contributed by atoms with Crippen LogP contribution >= 0.6 is 11.3 Å². The highest BCUT2D eigenvalue weighted by atomic mass is 32.1. The molecule has 2 aromatic heterocycles. The summed E-state index contributed by atoms with van der Waals surface area (Å²) < 4.78 is 12.7. The molecule has 0 radical (unpaired) electrons. The first kappa shape index (κ1) is 13.9. The van der Waals surface area contributed by atoms with Gasteiger partial charge in [0.25, 0.3) is 0 Å². The molecule has 2 heterocycles. The zero-order valence-corrected chi connectivity index (χ0v) is 12.8. The fourth-order valence-electron chi connectivity index (χ4n) is 2.34. The number of nitrogens with two attached hydrogens (primary N) is 1. The highest BCUT2D eigenvalue weighted by Gasteiger charge is 2.15. The second kappa shape index (κ2) is 5.75. The number of methoxy groups -OCH3 is 2. The van der Waals surface area contributed by atoms with Crippen molar-refractivity contribution in [3.63, 3.8) is 0 Å².